The monoisotopic (exact) mass is 573 g/mol. The molecule has 2 atom stereocenters. The van der Waals surface area contributed by atoms with E-state index in [-0.39, 0.29) is 45.6 Å². The second-order valence-corrected chi connectivity index (χ2v) is 7.37. The number of allylic oxidation sites excluding steroid dienone is 2. The molecule has 0 saturated heterocycles. The molecule has 5 heteroatoms. The molecule has 1 aliphatic rings. The van der Waals surface area contributed by atoms with Crippen molar-refractivity contribution in [2.24, 2.45) is 4.99 Å². The first-order chi connectivity index (χ1) is 11.5. The van der Waals surface area contributed by atoms with Crippen LogP contribution in [-0.2, 0) is 25.8 Å². The van der Waals surface area contributed by atoms with Gasteiger partial charge in [-0.3, -0.25) is 4.99 Å². The van der Waals surface area contributed by atoms with Crippen LogP contribution in [0.25, 0.3) is 5.32 Å². The van der Waals surface area contributed by atoms with Gasteiger partial charge in [-0.2, -0.15) is 19.8 Å². The predicted octanol–water partition coefficient (Wildman–Crippen LogP) is 7.36. The van der Waals surface area contributed by atoms with Crippen LogP contribution in [0.4, 0.5) is 5.69 Å². The van der Waals surface area contributed by atoms with E-state index < -0.39 is 0 Å². The molecule has 0 bridgehead atoms. The van der Waals surface area contributed by atoms with Crippen LogP contribution in [0, 0.1) is 0 Å². The molecule has 0 aliphatic heterocycles. The smallest absolute Gasteiger partial charge is 0.0391 e. The van der Waals surface area contributed by atoms with E-state index in [1.54, 1.807) is 0 Å². The van der Waals surface area contributed by atoms with E-state index in [2.05, 4.69) is 58.9 Å². The van der Waals surface area contributed by atoms with Gasteiger partial charge >= 0.3 is 0 Å². The third-order valence-electron chi connectivity index (χ3n) is 4.64. The van der Waals surface area contributed by atoms with E-state index in [9.17, 15) is 0 Å². The van der Waals surface area contributed by atoms with Crippen LogP contribution < -0.4 is 0 Å². The van der Waals surface area contributed by atoms with Gasteiger partial charge in [0.2, 0.25) is 0 Å². The summed E-state index contributed by atoms with van der Waals surface area (Å²) in [4.78, 5) is 4.85. The molecule has 2 rings (SSSR count). The van der Waals surface area contributed by atoms with Crippen molar-refractivity contribution < 1.29 is 25.8 Å². The summed E-state index contributed by atoms with van der Waals surface area (Å²) in [5.74, 6) is 0.958. The molecule has 0 spiro atoms. The number of hydrogen-bond donors (Lipinski definition) is 0. The number of benzene rings is 1. The summed E-state index contributed by atoms with van der Waals surface area (Å²) >= 11 is 0. The predicted molar refractivity (Wildman–Crippen MR) is 129 cm³/mol. The van der Waals surface area contributed by atoms with Gasteiger partial charge in [-0.25, -0.2) is 0 Å². The SMILES string of the molecule is CCCCN=C1CCCC=C1[N-]c1c(C(C)C)cccc1C(C)C.P.P.[Hf]. The van der Waals surface area contributed by atoms with Crippen molar-refractivity contribution in [1.29, 1.82) is 0 Å². The van der Waals surface area contributed by atoms with Crippen molar-refractivity contribution in [2.45, 2.75) is 78.6 Å². The summed E-state index contributed by atoms with van der Waals surface area (Å²) in [5, 5.41) is 5.15. The molecular weight excluding hydrogens is 533 g/mol. The molecule has 152 valence electrons. The largest absolute Gasteiger partial charge is 0.656 e. The molecule has 2 unspecified atom stereocenters. The Kier molecular flexibility index (Phi) is 16.4. The standard InChI is InChI=1S/C22H33N2.Hf.2H3P/c1-6-7-15-23-20-13-8-9-14-21(20)24-22-18(16(2)3)11-10-12-19(22)17(4)5;;;/h10-12,14,16-17H,6-9,13,15H2,1-5H3;;2*1H3/q-1;;;. The van der Waals surface area contributed by atoms with Gasteiger partial charge in [0, 0.05) is 38.1 Å². The molecule has 0 aromatic heterocycles. The first-order valence-electron chi connectivity index (χ1n) is 9.63. The molecule has 0 radical (unpaired) electrons. The van der Waals surface area contributed by atoms with Gasteiger partial charge in [0.25, 0.3) is 0 Å². The summed E-state index contributed by atoms with van der Waals surface area (Å²) in [5.41, 5.74) is 6.20. The van der Waals surface area contributed by atoms with E-state index >= 15 is 0 Å². The maximum atomic E-state index is 5.15. The number of nitrogens with zero attached hydrogens (tertiary/aromatic N) is 2. The van der Waals surface area contributed by atoms with Crippen LogP contribution in [-0.4, -0.2) is 12.3 Å². The maximum Gasteiger partial charge on any atom is 0.0391 e. The fourth-order valence-electron chi connectivity index (χ4n) is 3.16. The van der Waals surface area contributed by atoms with Gasteiger partial charge in [0.05, 0.1) is 0 Å². The summed E-state index contributed by atoms with van der Waals surface area (Å²) < 4.78 is 0. The third-order valence-corrected chi connectivity index (χ3v) is 4.64. The number of unbranched alkanes of at least 4 members (excludes halogenated alkanes) is 1. The normalized spacial score (nSPS) is 14.9. The summed E-state index contributed by atoms with van der Waals surface area (Å²) in [6, 6.07) is 6.63. The minimum Gasteiger partial charge on any atom is -0.656 e. The van der Waals surface area contributed by atoms with Crippen molar-refractivity contribution in [3.8, 4) is 0 Å². The van der Waals surface area contributed by atoms with Crippen LogP contribution >= 0.6 is 19.8 Å². The molecule has 0 heterocycles. The van der Waals surface area contributed by atoms with Crippen molar-refractivity contribution in [2.75, 3.05) is 6.54 Å². The van der Waals surface area contributed by atoms with Crippen LogP contribution in [0.2, 0.25) is 0 Å². The molecule has 0 amide bonds. The molecule has 0 saturated carbocycles. The Labute approximate surface area is 192 Å². The minimum absolute atomic E-state index is 0. The molecular formula is C22H39HfN2P2-. The van der Waals surface area contributed by atoms with Crippen molar-refractivity contribution in [3.63, 3.8) is 0 Å². The third kappa shape index (κ3) is 8.59. The van der Waals surface area contributed by atoms with Gasteiger partial charge < -0.3 is 5.32 Å². The van der Waals surface area contributed by atoms with Crippen LogP contribution in [0.15, 0.2) is 35.0 Å². The second kappa shape index (κ2) is 15.1. The maximum absolute atomic E-state index is 5.15. The Balaban J connectivity index is 0. The van der Waals surface area contributed by atoms with E-state index in [0.29, 0.717) is 11.8 Å². The van der Waals surface area contributed by atoms with Gasteiger partial charge in [-0.05, 0) is 37.5 Å². The Morgan fingerprint density at radius 1 is 1.04 bits per heavy atom. The molecule has 27 heavy (non-hydrogen) atoms. The van der Waals surface area contributed by atoms with Gasteiger partial charge in [0.1, 0.15) is 0 Å². The molecule has 1 aromatic carbocycles. The average Bonchev–Trinajstić information content (AvgIpc) is 2.56. The summed E-state index contributed by atoms with van der Waals surface area (Å²) in [7, 11) is 0. The van der Waals surface area contributed by atoms with E-state index in [1.165, 1.54) is 35.4 Å². The Bertz CT molecular complexity index is 584. The quantitative estimate of drug-likeness (QED) is 0.186. The van der Waals surface area contributed by atoms with Crippen LogP contribution in [0.3, 0.4) is 0 Å². The minimum atomic E-state index is 0. The average molecular weight is 572 g/mol. The summed E-state index contributed by atoms with van der Waals surface area (Å²) in [6.45, 7) is 12.2. The van der Waals surface area contributed by atoms with E-state index in [0.717, 1.165) is 31.5 Å². The zero-order valence-electron chi connectivity index (χ0n) is 18.0. The Hall–Kier alpha value is 0.160. The zero-order valence-corrected chi connectivity index (χ0v) is 24.4. The van der Waals surface area contributed by atoms with Crippen LogP contribution in [0.1, 0.15) is 89.7 Å². The number of aliphatic imine (C=N–C) groups is 1. The number of para-hydroxylation sites is 1. The van der Waals surface area contributed by atoms with Gasteiger partial charge in [0.15, 0.2) is 0 Å². The van der Waals surface area contributed by atoms with Gasteiger partial charge in [-0.15, -0.1) is 11.4 Å². The Morgan fingerprint density at radius 3 is 2.15 bits per heavy atom. The molecule has 0 N–H and O–H groups in total. The molecule has 1 aromatic rings. The molecule has 0 fully saturated rings. The zero-order chi connectivity index (χ0) is 17.5. The first-order valence-corrected chi connectivity index (χ1v) is 9.63. The number of rotatable bonds is 7. The topological polar surface area (TPSA) is 26.5 Å². The molecule has 2 nitrogen and oxygen atoms in total. The number of hydrogen-bond acceptors (Lipinski definition) is 1. The van der Waals surface area contributed by atoms with Crippen LogP contribution in [0.5, 0.6) is 0 Å². The van der Waals surface area contributed by atoms with Crippen molar-refractivity contribution in [1.82, 2.24) is 0 Å². The fraction of sp³-hybridized carbons (Fsp3) is 0.591. The first kappa shape index (κ1) is 29.4. The Morgan fingerprint density at radius 2 is 1.63 bits per heavy atom. The summed E-state index contributed by atoms with van der Waals surface area (Å²) in [6.07, 6.45) is 8.03. The van der Waals surface area contributed by atoms with Crippen molar-refractivity contribution >= 4 is 31.2 Å². The van der Waals surface area contributed by atoms with Crippen molar-refractivity contribution in [3.05, 3.63) is 46.4 Å². The second-order valence-electron chi connectivity index (χ2n) is 7.37. The van der Waals surface area contributed by atoms with Gasteiger partial charge in [-0.1, -0.05) is 76.4 Å². The molecule has 1 aliphatic carbocycles. The van der Waals surface area contributed by atoms with E-state index in [4.69, 9.17) is 10.3 Å². The van der Waals surface area contributed by atoms with E-state index in [1.807, 2.05) is 0 Å². The fourth-order valence-corrected chi connectivity index (χ4v) is 3.16.